The lowest BCUT2D eigenvalue weighted by atomic mass is 10.3. The highest BCUT2D eigenvalue weighted by atomic mass is 32.1. The minimum absolute atomic E-state index is 0.111. The number of nitrogen functional groups attached to an aromatic ring is 1. The van der Waals surface area contributed by atoms with E-state index >= 15 is 0 Å². The number of anilines is 1. The van der Waals surface area contributed by atoms with Gasteiger partial charge in [-0.3, -0.25) is 9.48 Å². The smallest absolute Gasteiger partial charge is 0.276 e. The Labute approximate surface area is 116 Å². The van der Waals surface area contributed by atoms with E-state index < -0.39 is 0 Å². The highest BCUT2D eigenvalue weighted by Gasteiger charge is 2.20. The van der Waals surface area contributed by atoms with Gasteiger partial charge in [0.1, 0.15) is 0 Å². The van der Waals surface area contributed by atoms with Crippen LogP contribution < -0.4 is 5.73 Å². The lowest BCUT2D eigenvalue weighted by Crippen LogP contribution is -2.31. The summed E-state index contributed by atoms with van der Waals surface area (Å²) in [6.07, 6.45) is 1.70. The summed E-state index contributed by atoms with van der Waals surface area (Å²) >= 11 is 1.64. The Bertz CT molecular complexity index is 547. The molecule has 19 heavy (non-hydrogen) atoms. The minimum Gasteiger partial charge on any atom is -0.396 e. The number of carbonyl (C=O) groups excluding carboxylic acids is 1. The summed E-state index contributed by atoms with van der Waals surface area (Å²) in [6.45, 7) is 5.86. The third-order valence-corrected chi connectivity index (χ3v) is 3.77. The topological polar surface area (TPSA) is 64.2 Å². The number of aryl methyl sites for hydroxylation is 1. The number of nitrogens with zero attached hydrogens (tertiary/aromatic N) is 3. The molecule has 2 aromatic rings. The Morgan fingerprint density at radius 2 is 2.32 bits per heavy atom. The molecule has 0 bridgehead atoms. The minimum atomic E-state index is -0.111. The maximum Gasteiger partial charge on any atom is 0.276 e. The first-order valence-corrected chi connectivity index (χ1v) is 7.18. The van der Waals surface area contributed by atoms with E-state index in [-0.39, 0.29) is 5.91 Å². The number of aromatic nitrogens is 2. The Morgan fingerprint density at radius 1 is 1.53 bits per heavy atom. The van der Waals surface area contributed by atoms with Crippen molar-refractivity contribution in [2.24, 2.45) is 0 Å². The van der Waals surface area contributed by atoms with E-state index in [4.69, 9.17) is 5.73 Å². The molecule has 0 radical (unpaired) electrons. The number of rotatable bonds is 5. The van der Waals surface area contributed by atoms with E-state index in [1.54, 1.807) is 27.1 Å². The van der Waals surface area contributed by atoms with Gasteiger partial charge < -0.3 is 10.6 Å². The summed E-state index contributed by atoms with van der Waals surface area (Å²) < 4.78 is 1.68. The highest BCUT2D eigenvalue weighted by Crippen LogP contribution is 2.16. The molecule has 2 heterocycles. The first-order valence-electron chi connectivity index (χ1n) is 6.30. The Balaban J connectivity index is 2.17. The molecule has 5 nitrogen and oxygen atoms in total. The van der Waals surface area contributed by atoms with Crippen LogP contribution in [0.3, 0.4) is 0 Å². The predicted octanol–water partition coefficient (Wildman–Crippen LogP) is 2.21. The maximum atomic E-state index is 12.4. The molecular weight excluding hydrogens is 260 g/mol. The van der Waals surface area contributed by atoms with Gasteiger partial charge in [0.05, 0.1) is 12.2 Å². The second kappa shape index (κ2) is 5.88. The molecule has 0 aliphatic rings. The first-order chi connectivity index (χ1) is 9.15. The van der Waals surface area contributed by atoms with E-state index in [1.807, 2.05) is 31.4 Å². The largest absolute Gasteiger partial charge is 0.396 e. The second-order valence-corrected chi connectivity index (χ2v) is 5.22. The van der Waals surface area contributed by atoms with Crippen LogP contribution in [0.15, 0.2) is 23.7 Å². The summed E-state index contributed by atoms with van der Waals surface area (Å²) in [7, 11) is 0. The molecule has 2 rings (SSSR count). The van der Waals surface area contributed by atoms with Gasteiger partial charge >= 0.3 is 0 Å². The monoisotopic (exact) mass is 278 g/mol. The first kappa shape index (κ1) is 13.6. The van der Waals surface area contributed by atoms with E-state index in [9.17, 15) is 4.79 Å². The molecule has 0 atom stereocenters. The molecule has 0 aliphatic heterocycles. The molecule has 0 aliphatic carbocycles. The van der Waals surface area contributed by atoms with Crippen molar-refractivity contribution in [1.29, 1.82) is 0 Å². The van der Waals surface area contributed by atoms with Crippen LogP contribution in [0, 0.1) is 0 Å². The molecule has 102 valence electrons. The number of amides is 1. The van der Waals surface area contributed by atoms with Crippen LogP contribution >= 0.6 is 11.3 Å². The third kappa shape index (κ3) is 2.96. The summed E-state index contributed by atoms with van der Waals surface area (Å²) in [5, 5.41) is 6.24. The van der Waals surface area contributed by atoms with Gasteiger partial charge in [-0.2, -0.15) is 5.10 Å². The molecule has 1 amide bonds. The van der Waals surface area contributed by atoms with Gasteiger partial charge in [-0.05, 0) is 25.3 Å². The molecule has 2 aromatic heterocycles. The van der Waals surface area contributed by atoms with Crippen molar-refractivity contribution in [3.05, 3.63) is 34.3 Å². The van der Waals surface area contributed by atoms with Gasteiger partial charge in [-0.1, -0.05) is 6.07 Å². The molecule has 6 heteroatoms. The molecule has 0 unspecified atom stereocenters. The summed E-state index contributed by atoms with van der Waals surface area (Å²) in [4.78, 5) is 15.3. The Hall–Kier alpha value is -1.82. The zero-order valence-electron chi connectivity index (χ0n) is 11.2. The highest BCUT2D eigenvalue weighted by molar-refractivity contribution is 7.09. The fourth-order valence-electron chi connectivity index (χ4n) is 1.83. The third-order valence-electron chi connectivity index (χ3n) is 2.91. The van der Waals surface area contributed by atoms with Crippen molar-refractivity contribution >= 4 is 22.9 Å². The van der Waals surface area contributed by atoms with Gasteiger partial charge in [-0.15, -0.1) is 11.3 Å². The lowest BCUT2D eigenvalue weighted by Gasteiger charge is -2.19. The van der Waals surface area contributed by atoms with Crippen LogP contribution in [0.5, 0.6) is 0 Å². The number of thiophene rings is 1. The van der Waals surface area contributed by atoms with E-state index in [0.29, 0.717) is 31.0 Å². The van der Waals surface area contributed by atoms with Crippen molar-refractivity contribution in [3.8, 4) is 0 Å². The lowest BCUT2D eigenvalue weighted by molar-refractivity contribution is 0.0748. The molecule has 0 aromatic carbocycles. The van der Waals surface area contributed by atoms with Crippen LogP contribution in [0.25, 0.3) is 0 Å². The standard InChI is InChI=1S/C13H18N4OS/c1-3-16(8-10-6-5-7-19-10)13(18)12-11(14)9-17(4-2)15-12/h5-7,9H,3-4,8,14H2,1-2H3. The second-order valence-electron chi connectivity index (χ2n) is 4.19. The van der Waals surface area contributed by atoms with Gasteiger partial charge in [0.25, 0.3) is 5.91 Å². The number of carbonyl (C=O) groups is 1. The summed E-state index contributed by atoms with van der Waals surface area (Å²) in [5.41, 5.74) is 6.64. The van der Waals surface area contributed by atoms with Crippen LogP contribution in [0.2, 0.25) is 0 Å². The fourth-order valence-corrected chi connectivity index (χ4v) is 2.55. The van der Waals surface area contributed by atoms with Crippen molar-refractivity contribution in [2.75, 3.05) is 12.3 Å². The number of nitrogens with two attached hydrogens (primary N) is 1. The van der Waals surface area contributed by atoms with Crippen molar-refractivity contribution < 1.29 is 4.79 Å². The SMILES string of the molecule is CCN(Cc1cccs1)C(=O)c1nn(CC)cc1N. The molecular formula is C13H18N4OS. The average Bonchev–Trinajstić information content (AvgIpc) is 3.04. The normalized spacial score (nSPS) is 10.6. The Kier molecular flexibility index (Phi) is 4.21. The van der Waals surface area contributed by atoms with Crippen molar-refractivity contribution in [3.63, 3.8) is 0 Å². The zero-order chi connectivity index (χ0) is 13.8. The van der Waals surface area contributed by atoms with Crippen molar-refractivity contribution in [2.45, 2.75) is 26.9 Å². The zero-order valence-corrected chi connectivity index (χ0v) is 12.0. The predicted molar refractivity (Wildman–Crippen MR) is 77.0 cm³/mol. The van der Waals surface area contributed by atoms with Crippen LogP contribution in [0.4, 0.5) is 5.69 Å². The van der Waals surface area contributed by atoms with Gasteiger partial charge in [0.15, 0.2) is 5.69 Å². The molecule has 0 saturated heterocycles. The van der Waals surface area contributed by atoms with Gasteiger partial charge in [0, 0.05) is 24.2 Å². The quantitative estimate of drug-likeness (QED) is 0.912. The van der Waals surface area contributed by atoms with Crippen LogP contribution in [-0.2, 0) is 13.1 Å². The average molecular weight is 278 g/mol. The Morgan fingerprint density at radius 3 is 2.84 bits per heavy atom. The molecule has 0 spiro atoms. The molecule has 2 N–H and O–H groups in total. The van der Waals surface area contributed by atoms with Crippen LogP contribution in [0.1, 0.15) is 29.2 Å². The van der Waals surface area contributed by atoms with Gasteiger partial charge in [0.2, 0.25) is 0 Å². The summed E-state index contributed by atoms with van der Waals surface area (Å²) in [6, 6.07) is 4.01. The van der Waals surface area contributed by atoms with Crippen LogP contribution in [-0.4, -0.2) is 27.1 Å². The molecule has 0 saturated carbocycles. The van der Waals surface area contributed by atoms with Crippen molar-refractivity contribution in [1.82, 2.24) is 14.7 Å². The molecule has 0 fully saturated rings. The van der Waals surface area contributed by atoms with E-state index in [0.717, 1.165) is 4.88 Å². The van der Waals surface area contributed by atoms with E-state index in [1.165, 1.54) is 0 Å². The van der Waals surface area contributed by atoms with Gasteiger partial charge in [-0.25, -0.2) is 0 Å². The number of hydrogen-bond donors (Lipinski definition) is 1. The maximum absolute atomic E-state index is 12.4. The van der Waals surface area contributed by atoms with E-state index in [2.05, 4.69) is 5.10 Å². The fraction of sp³-hybridized carbons (Fsp3) is 0.385. The summed E-state index contributed by atoms with van der Waals surface area (Å²) in [5.74, 6) is -0.111. The number of hydrogen-bond acceptors (Lipinski definition) is 4.